The lowest BCUT2D eigenvalue weighted by Crippen LogP contribution is -2.51. The number of rotatable bonds is 13. The Morgan fingerprint density at radius 3 is 2.16 bits per heavy atom. The van der Waals surface area contributed by atoms with Crippen LogP contribution in [-0.2, 0) is 20.8 Å². The molecule has 0 aliphatic carbocycles. The van der Waals surface area contributed by atoms with E-state index >= 15 is 0 Å². The molecule has 1 N–H and O–H groups in total. The van der Waals surface area contributed by atoms with Gasteiger partial charge in [0.25, 0.3) is 0 Å². The van der Waals surface area contributed by atoms with Crippen LogP contribution in [0.1, 0.15) is 144 Å². The zero-order valence-corrected chi connectivity index (χ0v) is 37.7. The van der Waals surface area contributed by atoms with Gasteiger partial charge in [-0.2, -0.15) is 0 Å². The number of hydrogen-bond acceptors (Lipinski definition) is 9. The number of anilines is 2. The summed E-state index contributed by atoms with van der Waals surface area (Å²) in [5, 5.41) is 10.5. The van der Waals surface area contributed by atoms with Crippen molar-refractivity contribution in [3.8, 4) is 0 Å². The van der Waals surface area contributed by atoms with Crippen molar-refractivity contribution >= 4 is 11.4 Å². The maximum Gasteiger partial charge on any atom is 0.0913 e. The fourth-order valence-electron chi connectivity index (χ4n) is 7.60. The van der Waals surface area contributed by atoms with Crippen LogP contribution >= 0.6 is 0 Å². The minimum absolute atomic E-state index is 0. The van der Waals surface area contributed by atoms with E-state index in [0.717, 1.165) is 120 Å². The van der Waals surface area contributed by atoms with Crippen molar-refractivity contribution < 1.29 is 20.7 Å². The molecular weight excluding hydrogens is 699 g/mol. The number of pyridine rings is 2. The Morgan fingerprint density at radius 1 is 0.946 bits per heavy atom. The lowest BCUT2D eigenvalue weighted by atomic mass is 9.88. The topological polar surface area (TPSA) is 83.4 Å². The van der Waals surface area contributed by atoms with E-state index in [9.17, 15) is 5.11 Å². The molecule has 0 spiro atoms. The molecule has 2 aromatic rings. The molecule has 3 saturated heterocycles. The van der Waals surface area contributed by atoms with Gasteiger partial charge in [-0.3, -0.25) is 9.97 Å². The maximum atomic E-state index is 10.5. The summed E-state index contributed by atoms with van der Waals surface area (Å²) in [7, 11) is 5.79. The zero-order valence-electron chi connectivity index (χ0n) is 37.7. The van der Waals surface area contributed by atoms with E-state index in [1.807, 2.05) is 6.20 Å². The van der Waals surface area contributed by atoms with Gasteiger partial charge in [-0.1, -0.05) is 75.3 Å². The Labute approximate surface area is 344 Å². The molecule has 56 heavy (non-hydrogen) atoms. The third-order valence-corrected chi connectivity index (χ3v) is 12.1. The van der Waals surface area contributed by atoms with Crippen LogP contribution in [0.3, 0.4) is 0 Å². The van der Waals surface area contributed by atoms with Gasteiger partial charge in [0, 0.05) is 65.7 Å². The van der Waals surface area contributed by atoms with Crippen LogP contribution in [0.2, 0.25) is 0 Å². The molecular formula is C47H83N5O4. The number of ether oxygens (including phenoxy) is 3. The van der Waals surface area contributed by atoms with E-state index in [1.165, 1.54) is 23.4 Å². The summed E-state index contributed by atoms with van der Waals surface area (Å²) < 4.78 is 17.5. The quantitative estimate of drug-likeness (QED) is 0.200. The predicted molar refractivity (Wildman–Crippen MR) is 237 cm³/mol. The lowest BCUT2D eigenvalue weighted by molar-refractivity contribution is -0.0931. The number of hydrogen-bond donors (Lipinski definition) is 1. The summed E-state index contributed by atoms with van der Waals surface area (Å²) in [5.74, 6) is 2.66. The molecule has 0 bridgehead atoms. The highest BCUT2D eigenvalue weighted by atomic mass is 16.5. The highest BCUT2D eigenvalue weighted by Gasteiger charge is 2.38. The van der Waals surface area contributed by atoms with Crippen molar-refractivity contribution in [1.29, 1.82) is 0 Å². The Kier molecular flexibility index (Phi) is 19.8. The van der Waals surface area contributed by atoms with Crippen molar-refractivity contribution in [2.45, 2.75) is 149 Å². The lowest BCUT2D eigenvalue weighted by Gasteiger charge is -2.45. The summed E-state index contributed by atoms with van der Waals surface area (Å²) in [5.41, 5.74) is 6.22. The van der Waals surface area contributed by atoms with Crippen LogP contribution in [0.4, 0.5) is 11.4 Å². The molecule has 3 unspecified atom stereocenters. The van der Waals surface area contributed by atoms with Crippen LogP contribution < -0.4 is 9.80 Å². The minimum atomic E-state index is -0.682. The molecule has 2 aromatic heterocycles. The van der Waals surface area contributed by atoms with Gasteiger partial charge in [0.2, 0.25) is 0 Å². The third-order valence-electron chi connectivity index (χ3n) is 12.1. The van der Waals surface area contributed by atoms with Gasteiger partial charge < -0.3 is 34.0 Å². The van der Waals surface area contributed by atoms with Crippen LogP contribution in [0.25, 0.3) is 0 Å². The van der Waals surface area contributed by atoms with E-state index in [0.29, 0.717) is 18.4 Å². The number of methoxy groups -OCH3 is 1. The van der Waals surface area contributed by atoms with Crippen LogP contribution in [0.15, 0.2) is 42.6 Å². The Morgan fingerprint density at radius 2 is 1.62 bits per heavy atom. The molecule has 0 aromatic carbocycles. The third kappa shape index (κ3) is 14.7. The first-order valence-corrected chi connectivity index (χ1v) is 21.8. The fourth-order valence-corrected chi connectivity index (χ4v) is 7.60. The van der Waals surface area contributed by atoms with Gasteiger partial charge in [0.1, 0.15) is 0 Å². The minimum Gasteiger partial charge on any atom is -0.387 e. The van der Waals surface area contributed by atoms with Crippen molar-refractivity contribution in [1.82, 2.24) is 14.9 Å². The summed E-state index contributed by atoms with van der Waals surface area (Å²) in [6, 6.07) is 8.71. The van der Waals surface area contributed by atoms with E-state index in [1.54, 1.807) is 7.11 Å². The second-order valence-corrected chi connectivity index (χ2v) is 17.9. The number of nitrogens with zero attached hydrogens (tertiary/aromatic N) is 5. The van der Waals surface area contributed by atoms with E-state index in [4.69, 9.17) is 19.2 Å². The largest absolute Gasteiger partial charge is 0.387 e. The van der Waals surface area contributed by atoms with E-state index in [2.05, 4.69) is 127 Å². The van der Waals surface area contributed by atoms with Gasteiger partial charge in [0.05, 0.1) is 53.8 Å². The normalized spacial score (nSPS) is 22.1. The molecule has 3 atom stereocenters. The van der Waals surface area contributed by atoms with Crippen LogP contribution in [-0.4, -0.2) is 104 Å². The average Bonchev–Trinajstić information content (AvgIpc) is 3.38. The molecule has 0 saturated carbocycles. The first kappa shape index (κ1) is 47.8. The molecule has 320 valence electrons. The molecule has 5 heterocycles. The van der Waals surface area contributed by atoms with E-state index < -0.39 is 5.60 Å². The Hall–Kier alpha value is -2.56. The molecule has 0 amide bonds. The summed E-state index contributed by atoms with van der Waals surface area (Å²) in [6.45, 7) is 30.8. The molecule has 3 fully saturated rings. The zero-order chi connectivity index (χ0) is 41.5. The van der Waals surface area contributed by atoms with Crippen molar-refractivity contribution in [3.05, 3.63) is 59.7 Å². The highest BCUT2D eigenvalue weighted by Crippen LogP contribution is 2.35. The molecule has 3 aliphatic rings. The van der Waals surface area contributed by atoms with Crippen LogP contribution in [0.5, 0.6) is 0 Å². The number of aliphatic hydroxyl groups is 1. The summed E-state index contributed by atoms with van der Waals surface area (Å²) in [6.07, 6.45) is 10.0. The fraction of sp³-hybridized carbons (Fsp3) is 0.745. The van der Waals surface area contributed by atoms with Crippen molar-refractivity contribution in [2.75, 3.05) is 77.0 Å². The second-order valence-electron chi connectivity index (χ2n) is 17.9. The average molecular weight is 782 g/mol. The van der Waals surface area contributed by atoms with Crippen LogP contribution in [0, 0.1) is 11.8 Å². The van der Waals surface area contributed by atoms with Crippen molar-refractivity contribution in [3.63, 3.8) is 0 Å². The summed E-state index contributed by atoms with van der Waals surface area (Å²) >= 11 is 0. The first-order chi connectivity index (χ1) is 26.6. The van der Waals surface area contributed by atoms with Gasteiger partial charge in [-0.25, -0.2) is 0 Å². The number of aromatic nitrogens is 2. The van der Waals surface area contributed by atoms with Gasteiger partial charge in [-0.15, -0.1) is 0 Å². The van der Waals surface area contributed by atoms with Gasteiger partial charge >= 0.3 is 0 Å². The maximum absolute atomic E-state index is 10.5. The first-order valence-electron chi connectivity index (χ1n) is 21.8. The molecule has 0 radical (unpaired) electrons. The van der Waals surface area contributed by atoms with Gasteiger partial charge in [-0.05, 0) is 106 Å². The van der Waals surface area contributed by atoms with E-state index in [-0.39, 0.29) is 13.1 Å². The Balaban J connectivity index is 0.000000334. The smallest absolute Gasteiger partial charge is 0.0913 e. The predicted octanol–water partition coefficient (Wildman–Crippen LogP) is 9.88. The molecule has 9 heteroatoms. The highest BCUT2D eigenvalue weighted by molar-refractivity contribution is 5.52. The standard InChI is InChI=1S/C22H34N2O2.C18H31N3O2.C7H16.H2/c1-5-22(26-21-10-14-25-13-9-18(21)4)11-6-12-24(16-22)19-7-8-20(17(2)3)23-15-19;1-14(2)15-6-7-17(16(19-15)12-20(3)4)21-10-8-18(22,9-11-21)13-23-5;1-5-7(4)6(2)3;/h7-8,15,17,21H,4-6,9-14,16H2,1-3H3;6-7,14,22H,8-13H2,1-5H3;6-7H,5H2,1-4H3;1H. The molecule has 3 aliphatic heterocycles. The SMILES string of the molecule is C=C1CCOCCC1OC1(CC)CCCN(c2ccc(C(C)C)nc2)C1.CCC(C)C(C)C.COCC1(O)CCN(c2ccc(C(C)C)nc2CN(C)C)CC1.[HH]. The Bertz CT molecular complexity index is 1430. The second kappa shape index (κ2) is 23.1. The summed E-state index contributed by atoms with van der Waals surface area (Å²) in [4.78, 5) is 16.5. The van der Waals surface area contributed by atoms with Gasteiger partial charge in [0.15, 0.2) is 0 Å². The monoisotopic (exact) mass is 782 g/mol. The van der Waals surface area contributed by atoms with Crippen molar-refractivity contribution in [2.24, 2.45) is 11.8 Å². The molecule has 9 nitrogen and oxygen atoms in total. The number of piperidine rings is 2. The molecule has 5 rings (SSSR count).